The van der Waals surface area contributed by atoms with Crippen LogP contribution in [0.25, 0.3) is 0 Å². The first kappa shape index (κ1) is 20.6. The summed E-state index contributed by atoms with van der Waals surface area (Å²) in [5, 5.41) is 3.47. The van der Waals surface area contributed by atoms with E-state index in [1.807, 2.05) is 42.1 Å². The second kappa shape index (κ2) is 9.34. The first-order valence-electron chi connectivity index (χ1n) is 9.52. The second-order valence-electron chi connectivity index (χ2n) is 7.38. The van der Waals surface area contributed by atoms with Gasteiger partial charge in [-0.2, -0.15) is 0 Å². The molecule has 2 aromatic rings. The average Bonchev–Trinajstić information content (AvgIpc) is 2.70. The molecule has 1 saturated heterocycles. The van der Waals surface area contributed by atoms with Crippen molar-refractivity contribution in [2.75, 3.05) is 38.6 Å². The molecule has 7 heteroatoms. The molecule has 1 aliphatic heterocycles. The van der Waals surface area contributed by atoms with Gasteiger partial charge in [-0.15, -0.1) is 0 Å². The summed E-state index contributed by atoms with van der Waals surface area (Å²) < 4.78 is 13.3. The van der Waals surface area contributed by atoms with Gasteiger partial charge >= 0.3 is 0 Å². The van der Waals surface area contributed by atoms with Crippen LogP contribution in [0.2, 0.25) is 5.02 Å². The van der Waals surface area contributed by atoms with E-state index in [2.05, 4.69) is 10.3 Å². The van der Waals surface area contributed by atoms with Crippen molar-refractivity contribution in [3.8, 4) is 0 Å². The first-order chi connectivity index (χ1) is 13.4. The van der Waals surface area contributed by atoms with Crippen LogP contribution in [0.4, 0.5) is 10.2 Å². The Morgan fingerprint density at radius 1 is 1.29 bits per heavy atom. The zero-order valence-corrected chi connectivity index (χ0v) is 17.0. The standard InChI is InChI=1S/C21H26ClFN4O/c1-26(2)20-5-3-4-17(25-20)14-24-13-15-8-10-27(11-9-15)21(28)16-6-7-19(23)18(22)12-16/h3-7,12,15,24H,8-11,13-14H2,1-2H3. The van der Waals surface area contributed by atoms with Gasteiger partial charge in [-0.05, 0) is 55.6 Å². The van der Waals surface area contributed by atoms with Gasteiger partial charge < -0.3 is 15.1 Å². The van der Waals surface area contributed by atoms with Crippen LogP contribution in [0.3, 0.4) is 0 Å². The van der Waals surface area contributed by atoms with Crippen molar-refractivity contribution in [2.24, 2.45) is 5.92 Å². The van der Waals surface area contributed by atoms with Crippen molar-refractivity contribution in [1.82, 2.24) is 15.2 Å². The third kappa shape index (κ3) is 5.20. The minimum absolute atomic E-state index is 0.0168. The fraction of sp³-hybridized carbons (Fsp3) is 0.429. The maximum atomic E-state index is 13.3. The van der Waals surface area contributed by atoms with Crippen LogP contribution in [-0.4, -0.2) is 49.5 Å². The molecule has 1 aromatic heterocycles. The molecule has 2 heterocycles. The monoisotopic (exact) mass is 404 g/mol. The molecule has 0 unspecified atom stereocenters. The SMILES string of the molecule is CN(C)c1cccc(CNCC2CCN(C(=O)c3ccc(F)c(Cl)c3)CC2)n1. The number of benzene rings is 1. The second-order valence-corrected chi connectivity index (χ2v) is 7.78. The van der Waals surface area contributed by atoms with Crippen LogP contribution in [0, 0.1) is 11.7 Å². The third-order valence-electron chi connectivity index (χ3n) is 5.06. The lowest BCUT2D eigenvalue weighted by molar-refractivity contribution is 0.0690. The minimum atomic E-state index is -0.506. The number of halogens is 2. The number of nitrogens with one attached hydrogen (secondary N) is 1. The highest BCUT2D eigenvalue weighted by Gasteiger charge is 2.24. The highest BCUT2D eigenvalue weighted by molar-refractivity contribution is 6.31. The zero-order valence-electron chi connectivity index (χ0n) is 16.3. The number of amides is 1. The van der Waals surface area contributed by atoms with Gasteiger partial charge in [0.05, 0.1) is 10.7 Å². The van der Waals surface area contributed by atoms with Crippen LogP contribution in [-0.2, 0) is 6.54 Å². The maximum absolute atomic E-state index is 13.3. The molecule has 0 saturated carbocycles. The van der Waals surface area contributed by atoms with Crippen molar-refractivity contribution < 1.29 is 9.18 Å². The number of likely N-dealkylation sites (tertiary alicyclic amines) is 1. The summed E-state index contributed by atoms with van der Waals surface area (Å²) in [6, 6.07) is 10.2. The van der Waals surface area contributed by atoms with Crippen LogP contribution in [0.5, 0.6) is 0 Å². The lowest BCUT2D eigenvalue weighted by atomic mass is 9.96. The van der Waals surface area contributed by atoms with Crippen LogP contribution >= 0.6 is 11.6 Å². The number of rotatable bonds is 6. The van der Waals surface area contributed by atoms with E-state index in [-0.39, 0.29) is 10.9 Å². The Hall–Kier alpha value is -2.18. The van der Waals surface area contributed by atoms with Crippen molar-refractivity contribution in [3.05, 3.63) is 58.5 Å². The van der Waals surface area contributed by atoms with Crippen LogP contribution in [0.15, 0.2) is 36.4 Å². The average molecular weight is 405 g/mol. The lowest BCUT2D eigenvalue weighted by Gasteiger charge is -2.32. The highest BCUT2D eigenvalue weighted by Crippen LogP contribution is 2.21. The molecule has 1 N–H and O–H groups in total. The van der Waals surface area contributed by atoms with E-state index in [1.54, 1.807) is 0 Å². The normalized spacial score (nSPS) is 14.9. The predicted molar refractivity (Wildman–Crippen MR) is 110 cm³/mol. The molecule has 0 atom stereocenters. The molecule has 1 aliphatic rings. The Kier molecular flexibility index (Phi) is 6.86. The zero-order chi connectivity index (χ0) is 20.1. The smallest absolute Gasteiger partial charge is 0.253 e. The Morgan fingerprint density at radius 2 is 2.04 bits per heavy atom. The Labute approximate surface area is 170 Å². The van der Waals surface area contributed by atoms with E-state index in [4.69, 9.17) is 11.6 Å². The van der Waals surface area contributed by atoms with E-state index in [9.17, 15) is 9.18 Å². The summed E-state index contributed by atoms with van der Waals surface area (Å²) in [6.07, 6.45) is 1.89. The first-order valence-corrected chi connectivity index (χ1v) is 9.90. The number of nitrogens with zero attached hydrogens (tertiary/aromatic N) is 3. The van der Waals surface area contributed by atoms with E-state index in [1.165, 1.54) is 18.2 Å². The van der Waals surface area contributed by atoms with Gasteiger partial charge in [-0.1, -0.05) is 17.7 Å². The van der Waals surface area contributed by atoms with Gasteiger partial charge in [0.25, 0.3) is 5.91 Å². The minimum Gasteiger partial charge on any atom is -0.363 e. The Morgan fingerprint density at radius 3 is 2.71 bits per heavy atom. The van der Waals surface area contributed by atoms with Crippen LogP contribution in [0.1, 0.15) is 28.9 Å². The summed E-state index contributed by atoms with van der Waals surface area (Å²) >= 11 is 5.79. The fourth-order valence-corrected chi connectivity index (χ4v) is 3.55. The molecular weight excluding hydrogens is 379 g/mol. The van der Waals surface area contributed by atoms with Crippen molar-refractivity contribution >= 4 is 23.3 Å². The number of hydrogen-bond acceptors (Lipinski definition) is 4. The molecule has 28 heavy (non-hydrogen) atoms. The molecule has 1 aromatic carbocycles. The number of piperidine rings is 1. The number of hydrogen-bond donors (Lipinski definition) is 1. The Balaban J connectivity index is 1.44. The van der Waals surface area contributed by atoms with Gasteiger partial charge in [-0.3, -0.25) is 4.79 Å². The summed E-state index contributed by atoms with van der Waals surface area (Å²) in [5.41, 5.74) is 1.46. The van der Waals surface area contributed by atoms with Gasteiger partial charge in [0.2, 0.25) is 0 Å². The van der Waals surface area contributed by atoms with E-state index >= 15 is 0 Å². The molecule has 3 rings (SSSR count). The number of pyridine rings is 1. The summed E-state index contributed by atoms with van der Waals surface area (Å²) in [6.45, 7) is 3.04. The maximum Gasteiger partial charge on any atom is 0.253 e. The fourth-order valence-electron chi connectivity index (χ4n) is 3.37. The number of carbonyl (C=O) groups is 1. The topological polar surface area (TPSA) is 48.5 Å². The molecule has 0 radical (unpaired) electrons. The van der Waals surface area contributed by atoms with Crippen LogP contribution < -0.4 is 10.2 Å². The van der Waals surface area contributed by atoms with Gasteiger partial charge in [-0.25, -0.2) is 9.37 Å². The predicted octanol–water partition coefficient (Wildman–Crippen LogP) is 3.58. The molecule has 150 valence electrons. The molecule has 5 nitrogen and oxygen atoms in total. The number of anilines is 1. The molecule has 1 fully saturated rings. The van der Waals surface area contributed by atoms with Crippen molar-refractivity contribution in [1.29, 1.82) is 0 Å². The van der Waals surface area contributed by atoms with Crippen molar-refractivity contribution in [3.63, 3.8) is 0 Å². The molecule has 0 spiro atoms. The molecule has 0 bridgehead atoms. The van der Waals surface area contributed by atoms with E-state index < -0.39 is 5.82 Å². The molecule has 1 amide bonds. The highest BCUT2D eigenvalue weighted by atomic mass is 35.5. The summed E-state index contributed by atoms with van der Waals surface area (Å²) in [4.78, 5) is 21.0. The van der Waals surface area contributed by atoms with Gasteiger partial charge in [0, 0.05) is 39.3 Å². The summed E-state index contributed by atoms with van der Waals surface area (Å²) in [5.74, 6) is 0.886. The quantitative estimate of drug-likeness (QED) is 0.799. The third-order valence-corrected chi connectivity index (χ3v) is 5.35. The van der Waals surface area contributed by atoms with E-state index in [0.717, 1.165) is 37.4 Å². The van der Waals surface area contributed by atoms with Gasteiger partial charge in [0.15, 0.2) is 0 Å². The largest absolute Gasteiger partial charge is 0.363 e. The summed E-state index contributed by atoms with van der Waals surface area (Å²) in [7, 11) is 3.96. The number of aromatic nitrogens is 1. The van der Waals surface area contributed by atoms with Crippen molar-refractivity contribution in [2.45, 2.75) is 19.4 Å². The lowest BCUT2D eigenvalue weighted by Crippen LogP contribution is -2.40. The van der Waals surface area contributed by atoms with E-state index in [0.29, 0.717) is 24.6 Å². The Bertz CT molecular complexity index is 822. The van der Waals surface area contributed by atoms with Gasteiger partial charge in [0.1, 0.15) is 11.6 Å². The molecular formula is C21H26ClFN4O. The molecule has 0 aliphatic carbocycles. The number of carbonyl (C=O) groups excluding carboxylic acids is 1.